The second-order valence-corrected chi connectivity index (χ2v) is 5.37. The number of aromatic nitrogens is 3. The lowest BCUT2D eigenvalue weighted by atomic mass is 10.2. The molecule has 3 rings (SSSR count). The standard InChI is InChI=1S/C18H19N5O4/c1-25-14-8-13(9-15(26-2)17(14)27-3)22-18(24)21-12-4-5-16(20-10-12)23-7-6-19-11-23/h4-11H,1-3H3,(H2,21,22,24). The first-order chi connectivity index (χ1) is 13.1. The van der Waals surface area contributed by atoms with E-state index < -0.39 is 6.03 Å². The molecule has 1 aromatic carbocycles. The molecule has 0 saturated heterocycles. The lowest BCUT2D eigenvalue weighted by Gasteiger charge is -2.15. The Hall–Kier alpha value is -3.75. The second kappa shape index (κ2) is 8.09. The van der Waals surface area contributed by atoms with Gasteiger partial charge in [-0.25, -0.2) is 14.8 Å². The quantitative estimate of drug-likeness (QED) is 0.693. The van der Waals surface area contributed by atoms with Gasteiger partial charge >= 0.3 is 6.03 Å². The van der Waals surface area contributed by atoms with Crippen LogP contribution in [0.2, 0.25) is 0 Å². The summed E-state index contributed by atoms with van der Waals surface area (Å²) in [5, 5.41) is 5.44. The Morgan fingerprint density at radius 1 is 1.00 bits per heavy atom. The topological polar surface area (TPSA) is 99.5 Å². The molecule has 0 bridgehead atoms. The van der Waals surface area contributed by atoms with Crippen LogP contribution in [0.15, 0.2) is 49.2 Å². The number of hydrogen-bond acceptors (Lipinski definition) is 6. The zero-order valence-corrected chi connectivity index (χ0v) is 15.1. The third kappa shape index (κ3) is 4.09. The van der Waals surface area contributed by atoms with E-state index in [0.29, 0.717) is 34.4 Å². The van der Waals surface area contributed by atoms with Gasteiger partial charge < -0.3 is 24.8 Å². The molecule has 0 aliphatic carbocycles. The fraction of sp³-hybridized carbons (Fsp3) is 0.167. The third-order valence-corrected chi connectivity index (χ3v) is 3.70. The van der Waals surface area contributed by atoms with E-state index in [4.69, 9.17) is 14.2 Å². The number of methoxy groups -OCH3 is 3. The molecule has 0 radical (unpaired) electrons. The number of carbonyl (C=O) groups is 1. The molecule has 140 valence electrons. The van der Waals surface area contributed by atoms with Crippen LogP contribution in [0.25, 0.3) is 5.82 Å². The van der Waals surface area contributed by atoms with Crippen LogP contribution in [0.5, 0.6) is 17.2 Å². The van der Waals surface area contributed by atoms with Crippen LogP contribution in [-0.4, -0.2) is 41.9 Å². The number of anilines is 2. The molecular formula is C18H19N5O4. The molecule has 3 aromatic rings. The van der Waals surface area contributed by atoms with E-state index in [9.17, 15) is 4.79 Å². The van der Waals surface area contributed by atoms with Gasteiger partial charge in [0.2, 0.25) is 5.75 Å². The fourth-order valence-corrected chi connectivity index (χ4v) is 2.45. The van der Waals surface area contributed by atoms with Crippen LogP contribution in [0.3, 0.4) is 0 Å². The SMILES string of the molecule is COc1cc(NC(=O)Nc2ccc(-n3ccnc3)nc2)cc(OC)c1OC. The maximum Gasteiger partial charge on any atom is 0.323 e. The number of hydrogen-bond donors (Lipinski definition) is 2. The Bertz CT molecular complexity index is 885. The van der Waals surface area contributed by atoms with Crippen molar-refractivity contribution in [3.63, 3.8) is 0 Å². The Kier molecular flexibility index (Phi) is 5.41. The minimum Gasteiger partial charge on any atom is -0.493 e. The predicted molar refractivity (Wildman–Crippen MR) is 100 cm³/mol. The lowest BCUT2D eigenvalue weighted by molar-refractivity contribution is 0.262. The number of benzene rings is 1. The summed E-state index contributed by atoms with van der Waals surface area (Å²) in [5.74, 6) is 2.03. The number of nitrogens with zero attached hydrogens (tertiary/aromatic N) is 3. The highest BCUT2D eigenvalue weighted by molar-refractivity contribution is 6.00. The Labute approximate surface area is 155 Å². The average Bonchev–Trinajstić information content (AvgIpc) is 3.22. The number of nitrogens with one attached hydrogen (secondary N) is 2. The molecule has 2 amide bonds. The fourth-order valence-electron chi connectivity index (χ4n) is 2.45. The van der Waals surface area contributed by atoms with Gasteiger partial charge in [-0.3, -0.25) is 4.57 Å². The van der Waals surface area contributed by atoms with Crippen molar-refractivity contribution in [2.24, 2.45) is 0 Å². The van der Waals surface area contributed by atoms with Crippen molar-refractivity contribution in [2.75, 3.05) is 32.0 Å². The molecule has 0 aliphatic rings. The molecule has 0 fully saturated rings. The number of pyridine rings is 1. The summed E-state index contributed by atoms with van der Waals surface area (Å²) < 4.78 is 17.6. The van der Waals surface area contributed by atoms with Gasteiger partial charge in [-0.15, -0.1) is 0 Å². The number of amides is 2. The van der Waals surface area contributed by atoms with Crippen LogP contribution in [0, 0.1) is 0 Å². The van der Waals surface area contributed by atoms with E-state index in [2.05, 4.69) is 20.6 Å². The minimum atomic E-state index is -0.429. The first kappa shape index (κ1) is 18.1. The van der Waals surface area contributed by atoms with Crippen molar-refractivity contribution in [1.29, 1.82) is 0 Å². The number of imidazole rings is 1. The number of urea groups is 1. The van der Waals surface area contributed by atoms with Crippen molar-refractivity contribution in [3.8, 4) is 23.1 Å². The normalized spacial score (nSPS) is 10.2. The zero-order chi connectivity index (χ0) is 19.2. The molecular weight excluding hydrogens is 350 g/mol. The minimum absolute atomic E-state index is 0.429. The summed E-state index contributed by atoms with van der Waals surface area (Å²) in [6.45, 7) is 0. The summed E-state index contributed by atoms with van der Waals surface area (Å²) in [6.07, 6.45) is 6.65. The first-order valence-electron chi connectivity index (χ1n) is 7.97. The molecule has 0 unspecified atom stereocenters. The van der Waals surface area contributed by atoms with Crippen LogP contribution in [-0.2, 0) is 0 Å². The van der Waals surface area contributed by atoms with Gasteiger partial charge in [0.25, 0.3) is 0 Å². The lowest BCUT2D eigenvalue weighted by Crippen LogP contribution is -2.19. The molecule has 9 heteroatoms. The highest BCUT2D eigenvalue weighted by Gasteiger charge is 2.14. The molecule has 27 heavy (non-hydrogen) atoms. The van der Waals surface area contributed by atoms with E-state index in [1.165, 1.54) is 21.3 Å². The smallest absolute Gasteiger partial charge is 0.323 e. The van der Waals surface area contributed by atoms with Crippen LogP contribution < -0.4 is 24.8 Å². The van der Waals surface area contributed by atoms with Crippen molar-refractivity contribution < 1.29 is 19.0 Å². The highest BCUT2D eigenvalue weighted by atomic mass is 16.5. The molecule has 2 N–H and O–H groups in total. The maximum atomic E-state index is 12.3. The van der Waals surface area contributed by atoms with Gasteiger partial charge in [0.15, 0.2) is 11.5 Å². The van der Waals surface area contributed by atoms with Crippen LogP contribution in [0.1, 0.15) is 0 Å². The molecule has 0 aliphatic heterocycles. The van der Waals surface area contributed by atoms with Crippen molar-refractivity contribution in [2.45, 2.75) is 0 Å². The molecule has 2 aromatic heterocycles. The number of rotatable bonds is 6. The van der Waals surface area contributed by atoms with Crippen molar-refractivity contribution >= 4 is 17.4 Å². The van der Waals surface area contributed by atoms with Gasteiger partial charge in [-0.1, -0.05) is 0 Å². The first-order valence-corrected chi connectivity index (χ1v) is 7.97. The van der Waals surface area contributed by atoms with Crippen LogP contribution >= 0.6 is 0 Å². The van der Waals surface area contributed by atoms with Gasteiger partial charge in [0.1, 0.15) is 12.1 Å². The van der Waals surface area contributed by atoms with E-state index in [0.717, 1.165) is 0 Å². The highest BCUT2D eigenvalue weighted by Crippen LogP contribution is 2.39. The van der Waals surface area contributed by atoms with E-state index >= 15 is 0 Å². The summed E-state index contributed by atoms with van der Waals surface area (Å²) in [5.41, 5.74) is 1.04. The Morgan fingerprint density at radius 3 is 2.22 bits per heavy atom. The summed E-state index contributed by atoms with van der Waals surface area (Å²) in [7, 11) is 4.53. The molecule has 0 saturated carbocycles. The van der Waals surface area contributed by atoms with E-state index in [1.807, 2.05) is 0 Å². The van der Waals surface area contributed by atoms with E-state index in [1.54, 1.807) is 53.8 Å². The molecule has 0 atom stereocenters. The predicted octanol–water partition coefficient (Wildman–Crippen LogP) is 2.94. The summed E-state index contributed by atoms with van der Waals surface area (Å²) >= 11 is 0. The van der Waals surface area contributed by atoms with E-state index in [-0.39, 0.29) is 0 Å². The van der Waals surface area contributed by atoms with Gasteiger partial charge in [-0.05, 0) is 12.1 Å². The molecule has 2 heterocycles. The summed E-state index contributed by atoms with van der Waals surface area (Å²) in [6, 6.07) is 6.37. The number of ether oxygens (including phenoxy) is 3. The second-order valence-electron chi connectivity index (χ2n) is 5.37. The Balaban J connectivity index is 1.70. The largest absolute Gasteiger partial charge is 0.493 e. The Morgan fingerprint density at radius 2 is 1.70 bits per heavy atom. The molecule has 0 spiro atoms. The van der Waals surface area contributed by atoms with Crippen LogP contribution in [0.4, 0.5) is 16.2 Å². The average molecular weight is 369 g/mol. The summed E-state index contributed by atoms with van der Waals surface area (Å²) in [4.78, 5) is 20.5. The van der Waals surface area contributed by atoms with Gasteiger partial charge in [0.05, 0.1) is 38.9 Å². The molecule has 9 nitrogen and oxygen atoms in total. The van der Waals surface area contributed by atoms with Gasteiger partial charge in [0, 0.05) is 24.5 Å². The number of carbonyl (C=O) groups excluding carboxylic acids is 1. The zero-order valence-electron chi connectivity index (χ0n) is 15.1. The third-order valence-electron chi connectivity index (χ3n) is 3.70. The van der Waals surface area contributed by atoms with Crippen molar-refractivity contribution in [3.05, 3.63) is 49.2 Å². The monoisotopic (exact) mass is 369 g/mol. The van der Waals surface area contributed by atoms with Gasteiger partial charge in [-0.2, -0.15) is 0 Å². The maximum absolute atomic E-state index is 12.3. The van der Waals surface area contributed by atoms with Crippen molar-refractivity contribution in [1.82, 2.24) is 14.5 Å².